The second kappa shape index (κ2) is 6.19. The Balaban J connectivity index is 1.82. The lowest BCUT2D eigenvalue weighted by molar-refractivity contribution is -0.121. The third kappa shape index (κ3) is 3.32. The number of nitrogens with zero attached hydrogens (tertiary/aromatic N) is 2. The maximum absolute atomic E-state index is 11.6. The van der Waals surface area contributed by atoms with Crippen molar-refractivity contribution in [3.8, 4) is 0 Å². The standard InChI is InChI=1S/C14H19N3O/c1-2-3-7-14(18)16-12-8-10-17(11-12)13-6-4-5-9-15-13/h2,4-6,9,12H,1,3,7-8,10-11H2,(H,16,18). The summed E-state index contributed by atoms with van der Waals surface area (Å²) in [4.78, 5) is 18.1. The van der Waals surface area contributed by atoms with E-state index < -0.39 is 0 Å². The van der Waals surface area contributed by atoms with Gasteiger partial charge in [-0.15, -0.1) is 6.58 Å². The van der Waals surface area contributed by atoms with Crippen LogP contribution in [0.5, 0.6) is 0 Å². The Kier molecular flexibility index (Phi) is 4.34. The molecule has 1 N–H and O–H groups in total. The lowest BCUT2D eigenvalue weighted by Crippen LogP contribution is -2.37. The van der Waals surface area contributed by atoms with Crippen molar-refractivity contribution in [2.45, 2.75) is 25.3 Å². The minimum absolute atomic E-state index is 0.114. The number of pyridine rings is 1. The summed E-state index contributed by atoms with van der Waals surface area (Å²) in [6, 6.07) is 6.14. The zero-order chi connectivity index (χ0) is 12.8. The van der Waals surface area contributed by atoms with Gasteiger partial charge in [-0.05, 0) is 25.0 Å². The summed E-state index contributed by atoms with van der Waals surface area (Å²) < 4.78 is 0. The molecule has 1 aliphatic heterocycles. The van der Waals surface area contributed by atoms with Crippen molar-refractivity contribution in [1.82, 2.24) is 10.3 Å². The van der Waals surface area contributed by atoms with E-state index in [-0.39, 0.29) is 11.9 Å². The minimum atomic E-state index is 0.114. The molecular formula is C14H19N3O. The molecular weight excluding hydrogens is 226 g/mol. The van der Waals surface area contributed by atoms with Gasteiger partial charge in [0.25, 0.3) is 0 Å². The van der Waals surface area contributed by atoms with Gasteiger partial charge in [-0.3, -0.25) is 4.79 Å². The Morgan fingerprint density at radius 3 is 3.22 bits per heavy atom. The number of hydrogen-bond donors (Lipinski definition) is 1. The van der Waals surface area contributed by atoms with Gasteiger partial charge in [0.2, 0.25) is 5.91 Å². The molecule has 4 heteroatoms. The highest BCUT2D eigenvalue weighted by Crippen LogP contribution is 2.17. The van der Waals surface area contributed by atoms with Crippen LogP contribution in [0.2, 0.25) is 0 Å². The summed E-state index contributed by atoms with van der Waals surface area (Å²) in [5.41, 5.74) is 0. The third-order valence-electron chi connectivity index (χ3n) is 3.10. The Morgan fingerprint density at radius 2 is 2.50 bits per heavy atom. The van der Waals surface area contributed by atoms with Crippen LogP contribution in [-0.4, -0.2) is 30.0 Å². The van der Waals surface area contributed by atoms with Crippen LogP contribution in [0.1, 0.15) is 19.3 Å². The lowest BCUT2D eigenvalue weighted by Gasteiger charge is -2.17. The Labute approximate surface area is 108 Å². The number of allylic oxidation sites excluding steroid dienone is 1. The molecule has 1 aliphatic rings. The highest BCUT2D eigenvalue weighted by molar-refractivity contribution is 5.76. The number of hydrogen-bond acceptors (Lipinski definition) is 3. The second-order valence-corrected chi connectivity index (χ2v) is 4.51. The number of carbonyl (C=O) groups is 1. The fourth-order valence-electron chi connectivity index (χ4n) is 2.16. The van der Waals surface area contributed by atoms with E-state index in [1.807, 2.05) is 18.2 Å². The quantitative estimate of drug-likeness (QED) is 0.804. The monoisotopic (exact) mass is 245 g/mol. The van der Waals surface area contributed by atoms with E-state index >= 15 is 0 Å². The fourth-order valence-corrected chi connectivity index (χ4v) is 2.16. The van der Waals surface area contributed by atoms with Crippen molar-refractivity contribution in [2.24, 2.45) is 0 Å². The van der Waals surface area contributed by atoms with E-state index in [9.17, 15) is 4.79 Å². The van der Waals surface area contributed by atoms with E-state index in [1.165, 1.54) is 0 Å². The number of nitrogens with one attached hydrogen (secondary N) is 1. The van der Waals surface area contributed by atoms with Gasteiger partial charge in [0.1, 0.15) is 5.82 Å². The molecule has 96 valence electrons. The summed E-state index contributed by atoms with van der Waals surface area (Å²) in [6.45, 7) is 5.41. The molecule has 0 aromatic carbocycles. The molecule has 0 bridgehead atoms. The molecule has 2 rings (SSSR count). The molecule has 0 aliphatic carbocycles. The zero-order valence-electron chi connectivity index (χ0n) is 10.5. The van der Waals surface area contributed by atoms with Crippen LogP contribution < -0.4 is 10.2 Å². The maximum atomic E-state index is 11.6. The van der Waals surface area contributed by atoms with Crippen LogP contribution >= 0.6 is 0 Å². The van der Waals surface area contributed by atoms with Crippen molar-refractivity contribution in [3.63, 3.8) is 0 Å². The van der Waals surface area contributed by atoms with E-state index in [2.05, 4.69) is 21.8 Å². The predicted octanol–water partition coefficient (Wildman–Crippen LogP) is 1.74. The minimum Gasteiger partial charge on any atom is -0.354 e. The molecule has 1 unspecified atom stereocenters. The number of carbonyl (C=O) groups excluding carboxylic acids is 1. The first-order chi connectivity index (χ1) is 8.79. The van der Waals surface area contributed by atoms with Crippen LogP contribution in [0.4, 0.5) is 5.82 Å². The first-order valence-corrected chi connectivity index (χ1v) is 6.36. The zero-order valence-corrected chi connectivity index (χ0v) is 10.5. The maximum Gasteiger partial charge on any atom is 0.220 e. The predicted molar refractivity (Wildman–Crippen MR) is 72.4 cm³/mol. The van der Waals surface area contributed by atoms with Crippen molar-refractivity contribution < 1.29 is 4.79 Å². The highest BCUT2D eigenvalue weighted by atomic mass is 16.1. The second-order valence-electron chi connectivity index (χ2n) is 4.51. The first kappa shape index (κ1) is 12.6. The van der Waals surface area contributed by atoms with Crippen LogP contribution in [0, 0.1) is 0 Å². The van der Waals surface area contributed by atoms with Gasteiger partial charge in [-0.25, -0.2) is 4.98 Å². The average Bonchev–Trinajstić information content (AvgIpc) is 2.86. The van der Waals surface area contributed by atoms with Crippen molar-refractivity contribution >= 4 is 11.7 Å². The van der Waals surface area contributed by atoms with Gasteiger partial charge < -0.3 is 10.2 Å². The molecule has 1 aromatic heterocycles. The third-order valence-corrected chi connectivity index (χ3v) is 3.10. The molecule has 0 radical (unpaired) electrons. The smallest absolute Gasteiger partial charge is 0.220 e. The molecule has 4 nitrogen and oxygen atoms in total. The van der Waals surface area contributed by atoms with Crippen molar-refractivity contribution in [2.75, 3.05) is 18.0 Å². The average molecular weight is 245 g/mol. The number of rotatable bonds is 5. The first-order valence-electron chi connectivity index (χ1n) is 6.36. The Morgan fingerprint density at radius 1 is 1.61 bits per heavy atom. The molecule has 1 atom stereocenters. The van der Waals surface area contributed by atoms with Crippen molar-refractivity contribution in [3.05, 3.63) is 37.1 Å². The van der Waals surface area contributed by atoms with Gasteiger partial charge in [0, 0.05) is 31.7 Å². The number of aromatic nitrogens is 1. The molecule has 0 spiro atoms. The Hall–Kier alpha value is -1.84. The van der Waals surface area contributed by atoms with Gasteiger partial charge in [0.15, 0.2) is 0 Å². The van der Waals surface area contributed by atoms with Crippen molar-refractivity contribution in [1.29, 1.82) is 0 Å². The lowest BCUT2D eigenvalue weighted by atomic mass is 10.2. The summed E-state index contributed by atoms with van der Waals surface area (Å²) in [5, 5.41) is 3.06. The van der Waals surface area contributed by atoms with Gasteiger partial charge in [0.05, 0.1) is 0 Å². The van der Waals surface area contributed by atoms with Crippen LogP contribution in [-0.2, 0) is 4.79 Å². The van der Waals surface area contributed by atoms with Crippen LogP contribution in [0.3, 0.4) is 0 Å². The summed E-state index contributed by atoms with van der Waals surface area (Å²) in [5.74, 6) is 1.10. The van der Waals surface area contributed by atoms with Gasteiger partial charge in [-0.1, -0.05) is 12.1 Å². The molecule has 1 saturated heterocycles. The van der Waals surface area contributed by atoms with Gasteiger partial charge in [-0.2, -0.15) is 0 Å². The summed E-state index contributed by atoms with van der Waals surface area (Å²) in [7, 11) is 0. The fraction of sp³-hybridized carbons (Fsp3) is 0.429. The normalized spacial score (nSPS) is 18.7. The molecule has 0 saturated carbocycles. The van der Waals surface area contributed by atoms with Crippen LogP contribution in [0.15, 0.2) is 37.1 Å². The van der Waals surface area contributed by atoms with E-state index in [0.29, 0.717) is 6.42 Å². The summed E-state index contributed by atoms with van der Waals surface area (Å²) in [6.07, 6.45) is 5.82. The van der Waals surface area contributed by atoms with E-state index in [1.54, 1.807) is 12.3 Å². The molecule has 1 amide bonds. The summed E-state index contributed by atoms with van der Waals surface area (Å²) >= 11 is 0. The molecule has 2 heterocycles. The number of amides is 1. The molecule has 1 fully saturated rings. The SMILES string of the molecule is C=CCCC(=O)NC1CCN(c2ccccn2)C1. The number of anilines is 1. The molecule has 18 heavy (non-hydrogen) atoms. The Bertz CT molecular complexity index is 405. The topological polar surface area (TPSA) is 45.2 Å². The molecule has 1 aromatic rings. The van der Waals surface area contributed by atoms with Crippen LogP contribution in [0.25, 0.3) is 0 Å². The van der Waals surface area contributed by atoms with E-state index in [0.717, 1.165) is 31.7 Å². The largest absolute Gasteiger partial charge is 0.354 e. The highest BCUT2D eigenvalue weighted by Gasteiger charge is 2.24. The van der Waals surface area contributed by atoms with Gasteiger partial charge >= 0.3 is 0 Å². The van der Waals surface area contributed by atoms with E-state index in [4.69, 9.17) is 0 Å².